The molecule has 0 aliphatic heterocycles. The predicted octanol–water partition coefficient (Wildman–Crippen LogP) is 4.17. The Labute approximate surface area is 106 Å². The molecule has 0 amide bonds. The molecule has 1 atom stereocenters. The standard InChI is InChI=1S/C12H12BrF3O/c1-2-3-8-11(17,12(14,15)16)9-6-4-5-7-10(9)13/h2-7,17H,8H2,1H3/b3-2-/t11-/m1/s1. The van der Waals surface area contributed by atoms with Crippen molar-refractivity contribution in [2.24, 2.45) is 0 Å². The number of halogens is 4. The number of benzene rings is 1. The second-order valence-electron chi connectivity index (χ2n) is 3.61. The highest BCUT2D eigenvalue weighted by Crippen LogP contribution is 2.44. The van der Waals surface area contributed by atoms with Gasteiger partial charge in [-0.05, 0) is 13.0 Å². The summed E-state index contributed by atoms with van der Waals surface area (Å²) in [6.07, 6.45) is -2.45. The van der Waals surface area contributed by atoms with E-state index in [0.717, 1.165) is 0 Å². The molecule has 0 bridgehead atoms. The minimum Gasteiger partial charge on any atom is -0.376 e. The number of hydrogen-bond donors (Lipinski definition) is 1. The lowest BCUT2D eigenvalue weighted by atomic mass is 9.89. The van der Waals surface area contributed by atoms with Crippen molar-refractivity contribution in [1.29, 1.82) is 0 Å². The Hall–Kier alpha value is -0.810. The largest absolute Gasteiger partial charge is 0.421 e. The second kappa shape index (κ2) is 5.23. The highest BCUT2D eigenvalue weighted by atomic mass is 79.9. The Bertz CT molecular complexity index is 414. The Morgan fingerprint density at radius 3 is 2.35 bits per heavy atom. The molecule has 1 N–H and O–H groups in total. The minimum absolute atomic E-state index is 0.175. The number of allylic oxidation sites excluding steroid dienone is 1. The van der Waals surface area contributed by atoms with Crippen LogP contribution in [0.1, 0.15) is 18.9 Å². The SMILES string of the molecule is C/C=C\C[C@@](O)(c1ccccc1Br)C(F)(F)F. The highest BCUT2D eigenvalue weighted by molar-refractivity contribution is 9.10. The first-order valence-corrected chi connectivity index (χ1v) is 5.77. The number of hydrogen-bond acceptors (Lipinski definition) is 1. The van der Waals surface area contributed by atoms with Gasteiger partial charge in [0.1, 0.15) is 0 Å². The van der Waals surface area contributed by atoms with Gasteiger partial charge in [-0.3, -0.25) is 0 Å². The van der Waals surface area contributed by atoms with E-state index in [4.69, 9.17) is 0 Å². The van der Waals surface area contributed by atoms with Crippen LogP contribution in [0.2, 0.25) is 0 Å². The normalized spacial score (nSPS) is 16.1. The zero-order valence-electron chi connectivity index (χ0n) is 9.13. The molecule has 0 fully saturated rings. The van der Waals surface area contributed by atoms with Crippen molar-refractivity contribution < 1.29 is 18.3 Å². The van der Waals surface area contributed by atoms with Crippen molar-refractivity contribution in [3.05, 3.63) is 46.5 Å². The molecule has 0 aliphatic rings. The molecule has 94 valence electrons. The maximum Gasteiger partial charge on any atom is 0.421 e. The van der Waals surface area contributed by atoms with Crippen molar-refractivity contribution in [3.8, 4) is 0 Å². The van der Waals surface area contributed by atoms with Gasteiger partial charge in [-0.15, -0.1) is 0 Å². The van der Waals surface area contributed by atoms with Gasteiger partial charge in [-0.1, -0.05) is 46.3 Å². The van der Waals surface area contributed by atoms with Crippen LogP contribution >= 0.6 is 15.9 Å². The van der Waals surface area contributed by atoms with Crippen LogP contribution < -0.4 is 0 Å². The third-order valence-electron chi connectivity index (χ3n) is 2.44. The van der Waals surface area contributed by atoms with Crippen LogP contribution in [0.5, 0.6) is 0 Å². The van der Waals surface area contributed by atoms with Crippen molar-refractivity contribution >= 4 is 15.9 Å². The van der Waals surface area contributed by atoms with Gasteiger partial charge < -0.3 is 5.11 Å². The lowest BCUT2D eigenvalue weighted by molar-refractivity contribution is -0.265. The van der Waals surface area contributed by atoms with E-state index in [-0.39, 0.29) is 10.0 Å². The van der Waals surface area contributed by atoms with Crippen LogP contribution in [0.4, 0.5) is 13.2 Å². The molecular formula is C12H12BrF3O. The molecule has 0 unspecified atom stereocenters. The topological polar surface area (TPSA) is 20.2 Å². The van der Waals surface area contributed by atoms with E-state index in [1.807, 2.05) is 0 Å². The molecule has 0 spiro atoms. The van der Waals surface area contributed by atoms with Crippen LogP contribution in [0.3, 0.4) is 0 Å². The maximum atomic E-state index is 13.0. The molecule has 17 heavy (non-hydrogen) atoms. The summed E-state index contributed by atoms with van der Waals surface area (Å²) < 4.78 is 39.2. The monoisotopic (exact) mass is 308 g/mol. The Kier molecular flexibility index (Phi) is 4.38. The minimum atomic E-state index is -4.73. The van der Waals surface area contributed by atoms with E-state index in [1.165, 1.54) is 30.4 Å². The fourth-order valence-electron chi connectivity index (χ4n) is 1.46. The van der Waals surface area contributed by atoms with Gasteiger partial charge in [0.25, 0.3) is 0 Å². The van der Waals surface area contributed by atoms with Crippen molar-refractivity contribution in [2.45, 2.75) is 25.1 Å². The summed E-state index contributed by atoms with van der Waals surface area (Å²) in [5.41, 5.74) is -3.04. The van der Waals surface area contributed by atoms with Crippen LogP contribution in [-0.4, -0.2) is 11.3 Å². The number of rotatable bonds is 3. The molecular weight excluding hydrogens is 297 g/mol. The quantitative estimate of drug-likeness (QED) is 0.831. The van der Waals surface area contributed by atoms with Gasteiger partial charge >= 0.3 is 6.18 Å². The van der Waals surface area contributed by atoms with E-state index in [2.05, 4.69) is 15.9 Å². The molecule has 5 heteroatoms. The molecule has 1 aromatic carbocycles. The molecule has 0 saturated heterocycles. The summed E-state index contributed by atoms with van der Waals surface area (Å²) >= 11 is 3.03. The molecule has 0 heterocycles. The van der Waals surface area contributed by atoms with Crippen LogP contribution in [0, 0.1) is 0 Å². The summed E-state index contributed by atoms with van der Waals surface area (Å²) in [7, 11) is 0. The first kappa shape index (κ1) is 14.3. The summed E-state index contributed by atoms with van der Waals surface area (Å²) in [5, 5.41) is 9.92. The van der Waals surface area contributed by atoms with E-state index < -0.39 is 18.2 Å². The molecule has 0 saturated carbocycles. The third kappa shape index (κ3) is 2.90. The average Bonchev–Trinajstić information content (AvgIpc) is 2.25. The van der Waals surface area contributed by atoms with Gasteiger partial charge in [-0.2, -0.15) is 13.2 Å². The fraction of sp³-hybridized carbons (Fsp3) is 0.333. The van der Waals surface area contributed by atoms with E-state index >= 15 is 0 Å². The third-order valence-corrected chi connectivity index (χ3v) is 3.13. The zero-order valence-corrected chi connectivity index (χ0v) is 10.7. The highest BCUT2D eigenvalue weighted by Gasteiger charge is 2.54. The fourth-order valence-corrected chi connectivity index (χ4v) is 2.08. The van der Waals surface area contributed by atoms with E-state index in [0.29, 0.717) is 0 Å². The Morgan fingerprint density at radius 2 is 1.88 bits per heavy atom. The van der Waals surface area contributed by atoms with Gasteiger partial charge in [-0.25, -0.2) is 0 Å². The zero-order chi connectivity index (χ0) is 13.1. The lowest BCUT2D eigenvalue weighted by Gasteiger charge is -2.30. The number of aliphatic hydroxyl groups is 1. The van der Waals surface area contributed by atoms with Crippen LogP contribution in [0.25, 0.3) is 0 Å². The molecule has 1 rings (SSSR count). The van der Waals surface area contributed by atoms with E-state index in [1.54, 1.807) is 13.0 Å². The molecule has 0 aromatic heterocycles. The van der Waals surface area contributed by atoms with Gasteiger partial charge in [0, 0.05) is 16.5 Å². The Morgan fingerprint density at radius 1 is 1.29 bits per heavy atom. The van der Waals surface area contributed by atoms with Crippen LogP contribution in [-0.2, 0) is 5.60 Å². The summed E-state index contributed by atoms with van der Waals surface area (Å²) in [4.78, 5) is 0. The first-order valence-electron chi connectivity index (χ1n) is 4.98. The summed E-state index contributed by atoms with van der Waals surface area (Å²) in [6, 6.07) is 5.80. The summed E-state index contributed by atoms with van der Waals surface area (Å²) in [5.74, 6) is 0. The molecule has 0 radical (unpaired) electrons. The van der Waals surface area contributed by atoms with Crippen molar-refractivity contribution in [3.63, 3.8) is 0 Å². The smallest absolute Gasteiger partial charge is 0.376 e. The summed E-state index contributed by atoms with van der Waals surface area (Å²) in [6.45, 7) is 1.61. The van der Waals surface area contributed by atoms with E-state index in [9.17, 15) is 18.3 Å². The van der Waals surface area contributed by atoms with Crippen LogP contribution in [0.15, 0.2) is 40.9 Å². The molecule has 1 aromatic rings. The van der Waals surface area contributed by atoms with Gasteiger partial charge in [0.15, 0.2) is 5.60 Å². The van der Waals surface area contributed by atoms with Gasteiger partial charge in [0.2, 0.25) is 0 Å². The van der Waals surface area contributed by atoms with Gasteiger partial charge in [0.05, 0.1) is 0 Å². The predicted molar refractivity (Wildman–Crippen MR) is 63.5 cm³/mol. The number of alkyl halides is 3. The van der Waals surface area contributed by atoms with Crippen molar-refractivity contribution in [2.75, 3.05) is 0 Å². The maximum absolute atomic E-state index is 13.0. The Balaban J connectivity index is 3.29. The second-order valence-corrected chi connectivity index (χ2v) is 4.47. The lowest BCUT2D eigenvalue weighted by Crippen LogP contribution is -2.42. The van der Waals surface area contributed by atoms with Crippen molar-refractivity contribution in [1.82, 2.24) is 0 Å². The molecule has 0 aliphatic carbocycles. The first-order chi connectivity index (χ1) is 7.83. The average molecular weight is 309 g/mol. The molecule has 1 nitrogen and oxygen atoms in total.